The molecule has 6 heteroatoms. The lowest BCUT2D eigenvalue weighted by molar-refractivity contribution is -0.167. The van der Waals surface area contributed by atoms with Crippen LogP contribution in [0.3, 0.4) is 0 Å². The highest BCUT2D eigenvalue weighted by molar-refractivity contribution is 5.71. The van der Waals surface area contributed by atoms with Gasteiger partial charge in [0.05, 0.1) is 0 Å². The van der Waals surface area contributed by atoms with Crippen LogP contribution in [0.2, 0.25) is 0 Å². The van der Waals surface area contributed by atoms with Crippen LogP contribution in [0, 0.1) is 0 Å². The Morgan fingerprint density at radius 2 is 0.439 bits per heavy atom. The molecule has 0 spiro atoms. The van der Waals surface area contributed by atoms with E-state index in [-0.39, 0.29) is 31.1 Å². The zero-order valence-electron chi connectivity index (χ0n) is 54.8. The van der Waals surface area contributed by atoms with Gasteiger partial charge < -0.3 is 14.2 Å². The van der Waals surface area contributed by atoms with Crippen LogP contribution in [0.1, 0.15) is 374 Å². The molecule has 0 amide bonds. The smallest absolute Gasteiger partial charge is 0.306 e. The predicted octanol–water partition coefficient (Wildman–Crippen LogP) is 24.8. The molecular formula is C76H136O6. The van der Waals surface area contributed by atoms with E-state index in [0.29, 0.717) is 19.3 Å². The standard InChI is InChI=1S/C76H136O6/c1-4-7-10-13-16-19-22-25-28-31-34-36-37-38-39-41-42-45-48-51-54-57-60-63-66-69-75(78)81-72-73(71-80-74(77)68-65-62-59-56-53-50-47-44-33-30-27-24-21-18-15-12-9-6-3)82-76(79)70-67-64-61-58-55-52-49-46-43-40-35-32-29-26-23-20-17-14-11-8-5-2/h21-26,30-35,73H,4-20,27-29,36-72H2,1-3H3/b24-21-,25-22-,26-23-,33-30-,34-31-,35-32-. The Morgan fingerprint density at radius 1 is 0.244 bits per heavy atom. The number of hydrogen-bond donors (Lipinski definition) is 0. The maximum atomic E-state index is 13.0. The van der Waals surface area contributed by atoms with E-state index < -0.39 is 6.10 Å². The first-order valence-corrected chi connectivity index (χ1v) is 35.9. The highest BCUT2D eigenvalue weighted by Gasteiger charge is 2.19. The zero-order chi connectivity index (χ0) is 59.2. The lowest BCUT2D eigenvalue weighted by Gasteiger charge is -2.18. The number of rotatable bonds is 66. The first kappa shape index (κ1) is 78.8. The third-order valence-electron chi connectivity index (χ3n) is 15.9. The van der Waals surface area contributed by atoms with Crippen LogP contribution in [-0.2, 0) is 28.6 Å². The fraction of sp³-hybridized carbons (Fsp3) is 0.803. The van der Waals surface area contributed by atoms with Crippen molar-refractivity contribution in [1.29, 1.82) is 0 Å². The molecule has 82 heavy (non-hydrogen) atoms. The van der Waals surface area contributed by atoms with Gasteiger partial charge in [0.15, 0.2) is 6.10 Å². The lowest BCUT2D eigenvalue weighted by Crippen LogP contribution is -2.30. The van der Waals surface area contributed by atoms with Gasteiger partial charge >= 0.3 is 17.9 Å². The molecule has 0 aliphatic carbocycles. The maximum Gasteiger partial charge on any atom is 0.306 e. The molecule has 0 aromatic carbocycles. The predicted molar refractivity (Wildman–Crippen MR) is 358 cm³/mol. The van der Waals surface area contributed by atoms with Crippen LogP contribution in [0.4, 0.5) is 0 Å². The van der Waals surface area contributed by atoms with Crippen molar-refractivity contribution in [1.82, 2.24) is 0 Å². The highest BCUT2D eigenvalue weighted by Crippen LogP contribution is 2.17. The van der Waals surface area contributed by atoms with E-state index in [1.54, 1.807) is 0 Å². The van der Waals surface area contributed by atoms with E-state index in [0.717, 1.165) is 83.5 Å². The zero-order valence-corrected chi connectivity index (χ0v) is 54.8. The molecule has 0 aromatic heterocycles. The maximum absolute atomic E-state index is 13.0. The SMILES string of the molecule is CCCCCC/C=C\C/C=C\CCCCCCCCCC(=O)OCC(COC(=O)CCCCCCCCCCCCCCC/C=C\C/C=C\CCCCCCC)OC(=O)CCCCCCCCCCC/C=C\C/C=C\CCCCCCC. The fourth-order valence-corrected chi connectivity index (χ4v) is 10.5. The first-order valence-electron chi connectivity index (χ1n) is 35.9. The van der Waals surface area contributed by atoms with E-state index in [1.165, 1.54) is 250 Å². The number of esters is 3. The summed E-state index contributed by atoms with van der Waals surface area (Å²) in [6.07, 6.45) is 92.0. The molecule has 0 rings (SSSR count). The van der Waals surface area contributed by atoms with Crippen molar-refractivity contribution in [3.8, 4) is 0 Å². The Kier molecular flexibility index (Phi) is 67.6. The molecule has 0 saturated carbocycles. The molecular weight excluding hydrogens is 1010 g/mol. The summed E-state index contributed by atoms with van der Waals surface area (Å²) in [6.45, 7) is 6.65. The van der Waals surface area contributed by atoms with E-state index in [9.17, 15) is 14.4 Å². The molecule has 0 heterocycles. The molecule has 0 saturated heterocycles. The third kappa shape index (κ3) is 67.6. The summed E-state index contributed by atoms with van der Waals surface area (Å²) < 4.78 is 17.0. The topological polar surface area (TPSA) is 78.9 Å². The lowest BCUT2D eigenvalue weighted by atomic mass is 10.0. The minimum absolute atomic E-state index is 0.0778. The average Bonchev–Trinajstić information content (AvgIpc) is 3.47. The van der Waals surface area contributed by atoms with Crippen LogP contribution in [0.25, 0.3) is 0 Å². The van der Waals surface area contributed by atoms with Crippen molar-refractivity contribution in [2.75, 3.05) is 13.2 Å². The number of unbranched alkanes of at least 4 members (excludes halogenated alkanes) is 43. The van der Waals surface area contributed by atoms with Gasteiger partial charge in [-0.15, -0.1) is 0 Å². The van der Waals surface area contributed by atoms with Crippen molar-refractivity contribution < 1.29 is 28.6 Å². The summed E-state index contributed by atoms with van der Waals surface area (Å²) in [4.78, 5) is 38.5. The van der Waals surface area contributed by atoms with Gasteiger partial charge in [0.25, 0.3) is 0 Å². The summed E-state index contributed by atoms with van der Waals surface area (Å²) in [5, 5.41) is 0. The Morgan fingerprint density at radius 3 is 0.683 bits per heavy atom. The second-order valence-corrected chi connectivity index (χ2v) is 24.1. The summed E-state index contributed by atoms with van der Waals surface area (Å²) >= 11 is 0. The minimum Gasteiger partial charge on any atom is -0.462 e. The summed E-state index contributed by atoms with van der Waals surface area (Å²) in [5.41, 5.74) is 0. The van der Waals surface area contributed by atoms with E-state index >= 15 is 0 Å². The van der Waals surface area contributed by atoms with E-state index in [2.05, 4.69) is 93.7 Å². The van der Waals surface area contributed by atoms with Crippen LogP contribution < -0.4 is 0 Å². The second kappa shape index (κ2) is 70.3. The van der Waals surface area contributed by atoms with Gasteiger partial charge in [0.1, 0.15) is 13.2 Å². The van der Waals surface area contributed by atoms with Crippen molar-refractivity contribution in [2.45, 2.75) is 380 Å². The minimum atomic E-state index is -0.784. The number of carbonyl (C=O) groups excluding carboxylic acids is 3. The van der Waals surface area contributed by atoms with Gasteiger partial charge in [-0.1, -0.05) is 312 Å². The highest BCUT2D eigenvalue weighted by atomic mass is 16.6. The van der Waals surface area contributed by atoms with Crippen LogP contribution >= 0.6 is 0 Å². The fourth-order valence-electron chi connectivity index (χ4n) is 10.5. The van der Waals surface area contributed by atoms with E-state index in [1.807, 2.05) is 0 Å². The first-order chi connectivity index (χ1) is 40.5. The van der Waals surface area contributed by atoms with Crippen LogP contribution in [0.15, 0.2) is 72.9 Å². The monoisotopic (exact) mass is 1150 g/mol. The molecule has 476 valence electrons. The Hall–Kier alpha value is -3.15. The molecule has 0 aromatic rings. The van der Waals surface area contributed by atoms with Gasteiger partial charge in [-0.2, -0.15) is 0 Å². The average molecular weight is 1150 g/mol. The molecule has 0 N–H and O–H groups in total. The summed E-state index contributed by atoms with van der Waals surface area (Å²) in [6, 6.07) is 0. The van der Waals surface area contributed by atoms with E-state index in [4.69, 9.17) is 14.2 Å². The van der Waals surface area contributed by atoms with Gasteiger partial charge in [0.2, 0.25) is 0 Å². The molecule has 0 aliphatic heterocycles. The molecule has 1 atom stereocenters. The summed E-state index contributed by atoms with van der Waals surface area (Å²) in [5.74, 6) is -0.869. The quantitative estimate of drug-likeness (QED) is 0.0261. The normalized spacial score (nSPS) is 12.5. The molecule has 6 nitrogen and oxygen atoms in total. The van der Waals surface area contributed by atoms with Crippen molar-refractivity contribution in [3.63, 3.8) is 0 Å². The van der Waals surface area contributed by atoms with Crippen molar-refractivity contribution in [2.24, 2.45) is 0 Å². The van der Waals surface area contributed by atoms with Crippen molar-refractivity contribution in [3.05, 3.63) is 72.9 Å². The molecule has 0 radical (unpaired) electrons. The Balaban J connectivity index is 4.35. The number of ether oxygens (including phenoxy) is 3. The number of allylic oxidation sites excluding steroid dienone is 12. The summed E-state index contributed by atoms with van der Waals surface area (Å²) in [7, 11) is 0. The number of hydrogen-bond acceptors (Lipinski definition) is 6. The third-order valence-corrected chi connectivity index (χ3v) is 15.9. The molecule has 0 bridgehead atoms. The molecule has 1 unspecified atom stereocenters. The van der Waals surface area contributed by atoms with Crippen LogP contribution in [-0.4, -0.2) is 37.2 Å². The Labute approximate surface area is 510 Å². The largest absolute Gasteiger partial charge is 0.462 e. The van der Waals surface area contributed by atoms with Crippen molar-refractivity contribution >= 4 is 17.9 Å². The second-order valence-electron chi connectivity index (χ2n) is 24.1. The van der Waals surface area contributed by atoms with Gasteiger partial charge in [-0.05, 0) is 116 Å². The molecule has 0 fully saturated rings. The molecule has 0 aliphatic rings. The number of carbonyl (C=O) groups is 3. The van der Waals surface area contributed by atoms with Gasteiger partial charge in [0, 0.05) is 19.3 Å². The van der Waals surface area contributed by atoms with Crippen LogP contribution in [0.5, 0.6) is 0 Å². The van der Waals surface area contributed by atoms with Gasteiger partial charge in [-0.3, -0.25) is 14.4 Å². The van der Waals surface area contributed by atoms with Gasteiger partial charge in [-0.25, -0.2) is 0 Å². The Bertz CT molecular complexity index is 1500.